The number of fused-ring (bicyclic) bond motifs is 4. The van der Waals surface area contributed by atoms with Crippen LogP contribution in [0.25, 0.3) is 89.2 Å². The zero-order chi connectivity index (χ0) is 40.0. The van der Waals surface area contributed by atoms with Crippen molar-refractivity contribution in [2.24, 2.45) is 0 Å². The predicted molar refractivity (Wildman–Crippen MR) is 250 cm³/mol. The van der Waals surface area contributed by atoms with Gasteiger partial charge in [0.2, 0.25) is 0 Å². The number of benzene rings is 9. The van der Waals surface area contributed by atoms with Crippen LogP contribution in [-0.4, -0.2) is 9.97 Å². The third-order valence-electron chi connectivity index (χ3n) is 12.4. The number of hydrogen-bond donors (Lipinski definition) is 0. The molecule has 282 valence electrons. The first-order chi connectivity index (χ1) is 29.6. The van der Waals surface area contributed by atoms with Crippen molar-refractivity contribution < 1.29 is 0 Å². The molecular weight excluding hydrogens is 725 g/mol. The number of aromatic nitrogens is 2. The maximum absolute atomic E-state index is 5.18. The lowest BCUT2D eigenvalue weighted by Gasteiger charge is -2.28. The van der Waals surface area contributed by atoms with Crippen LogP contribution in [0, 0.1) is 0 Å². The zero-order valence-corrected chi connectivity index (χ0v) is 33.3. The van der Waals surface area contributed by atoms with Gasteiger partial charge >= 0.3 is 0 Å². The fraction of sp³-hybridized carbons (Fsp3) is 0.0345. The van der Waals surface area contributed by atoms with Crippen LogP contribution in [-0.2, 0) is 5.41 Å². The number of rotatable bonds is 7. The Kier molecular flexibility index (Phi) is 8.64. The van der Waals surface area contributed by atoms with Gasteiger partial charge in [0.05, 0.1) is 11.4 Å². The standard InChI is InChI=1S/C58H40N2/c1-58(46-25-9-4-10-26-46)53-30-14-13-29-50(53)51-32-31-44(37-54(51)58)42-22-15-21-41(35-42)43-23-16-24-45(36-43)47-33-34-52(49-28-12-11-27-48(47)49)56-38-55(39-17-5-2-6-18-39)59-57(60-56)40-19-7-3-8-20-40/h2-38H,1H3. The Morgan fingerprint density at radius 2 is 0.783 bits per heavy atom. The second-order valence-corrected chi connectivity index (χ2v) is 15.9. The van der Waals surface area contributed by atoms with Gasteiger partial charge in [0, 0.05) is 22.1 Å². The molecule has 2 heteroatoms. The number of nitrogens with zero attached hydrogens (tertiary/aromatic N) is 2. The van der Waals surface area contributed by atoms with Crippen molar-refractivity contribution >= 4 is 10.8 Å². The summed E-state index contributed by atoms with van der Waals surface area (Å²) in [5.41, 5.74) is 18.5. The number of hydrogen-bond acceptors (Lipinski definition) is 2. The SMILES string of the molecule is CC1(c2ccccc2)c2ccccc2-c2ccc(-c3cccc(-c4cccc(-c5ccc(-c6cc(-c7ccccc7)nc(-c7ccccc7)n6)c6ccccc56)c4)c3)cc21. The van der Waals surface area contributed by atoms with E-state index in [9.17, 15) is 0 Å². The largest absolute Gasteiger partial charge is 0.228 e. The molecule has 0 amide bonds. The van der Waals surface area contributed by atoms with Crippen LogP contribution in [0.1, 0.15) is 23.6 Å². The van der Waals surface area contributed by atoms with Crippen LogP contribution in [0.4, 0.5) is 0 Å². The summed E-state index contributed by atoms with van der Waals surface area (Å²) in [6.45, 7) is 2.38. The van der Waals surface area contributed by atoms with Crippen molar-refractivity contribution in [3.05, 3.63) is 241 Å². The fourth-order valence-corrected chi connectivity index (χ4v) is 9.33. The van der Waals surface area contributed by atoms with Gasteiger partial charge < -0.3 is 0 Å². The fourth-order valence-electron chi connectivity index (χ4n) is 9.33. The Labute approximate surface area is 351 Å². The Bertz CT molecular complexity index is 3150. The molecule has 0 aliphatic heterocycles. The van der Waals surface area contributed by atoms with Crippen molar-refractivity contribution in [3.63, 3.8) is 0 Å². The average Bonchev–Trinajstić information content (AvgIpc) is 3.59. The van der Waals surface area contributed by atoms with E-state index in [0.29, 0.717) is 5.82 Å². The van der Waals surface area contributed by atoms with Gasteiger partial charge in [-0.3, -0.25) is 0 Å². The maximum Gasteiger partial charge on any atom is 0.160 e. The van der Waals surface area contributed by atoms with Gasteiger partial charge in [-0.15, -0.1) is 0 Å². The van der Waals surface area contributed by atoms with Crippen molar-refractivity contribution in [2.45, 2.75) is 12.3 Å². The molecule has 0 fully saturated rings. The molecule has 0 radical (unpaired) electrons. The van der Waals surface area contributed by atoms with E-state index in [1.165, 1.54) is 66.6 Å². The van der Waals surface area contributed by atoms with Gasteiger partial charge in [-0.25, -0.2) is 9.97 Å². The molecule has 1 unspecified atom stereocenters. The molecule has 1 aliphatic rings. The second kappa shape index (κ2) is 14.6. The highest BCUT2D eigenvalue weighted by Crippen LogP contribution is 2.53. The Morgan fingerprint density at radius 1 is 0.300 bits per heavy atom. The Balaban J connectivity index is 0.975. The molecule has 60 heavy (non-hydrogen) atoms. The molecule has 0 spiro atoms. The van der Waals surface area contributed by atoms with Crippen molar-refractivity contribution in [1.82, 2.24) is 9.97 Å². The molecular formula is C58H40N2. The van der Waals surface area contributed by atoms with E-state index in [2.05, 4.69) is 207 Å². The Hall–Kier alpha value is -7.68. The molecule has 10 aromatic rings. The monoisotopic (exact) mass is 764 g/mol. The smallest absolute Gasteiger partial charge is 0.160 e. The van der Waals surface area contributed by atoms with Gasteiger partial charge in [0.15, 0.2) is 5.82 Å². The Morgan fingerprint density at radius 3 is 1.50 bits per heavy atom. The predicted octanol–water partition coefficient (Wildman–Crippen LogP) is 15.0. The molecule has 0 N–H and O–H groups in total. The van der Waals surface area contributed by atoms with Gasteiger partial charge in [-0.1, -0.05) is 200 Å². The minimum absolute atomic E-state index is 0.241. The first kappa shape index (κ1) is 35.5. The molecule has 1 aromatic heterocycles. The highest BCUT2D eigenvalue weighted by Gasteiger charge is 2.40. The molecule has 0 saturated carbocycles. The van der Waals surface area contributed by atoms with Crippen LogP contribution in [0.2, 0.25) is 0 Å². The van der Waals surface area contributed by atoms with Crippen molar-refractivity contribution in [2.75, 3.05) is 0 Å². The molecule has 1 heterocycles. The van der Waals surface area contributed by atoms with E-state index in [-0.39, 0.29) is 5.41 Å². The maximum atomic E-state index is 5.18. The van der Waals surface area contributed by atoms with Gasteiger partial charge in [-0.2, -0.15) is 0 Å². The minimum atomic E-state index is -0.241. The van der Waals surface area contributed by atoms with Crippen LogP contribution in [0.3, 0.4) is 0 Å². The summed E-state index contributed by atoms with van der Waals surface area (Å²) in [5.74, 6) is 0.713. The zero-order valence-electron chi connectivity index (χ0n) is 33.3. The lowest BCUT2D eigenvalue weighted by molar-refractivity contribution is 0.714. The van der Waals surface area contributed by atoms with E-state index >= 15 is 0 Å². The van der Waals surface area contributed by atoms with Gasteiger partial charge in [0.1, 0.15) is 0 Å². The summed E-state index contributed by atoms with van der Waals surface area (Å²) in [6.07, 6.45) is 0. The normalized spacial score (nSPS) is 14.2. The lowest BCUT2D eigenvalue weighted by atomic mass is 9.74. The molecule has 1 atom stereocenters. The third kappa shape index (κ3) is 6.04. The van der Waals surface area contributed by atoms with E-state index in [1.54, 1.807) is 0 Å². The molecule has 0 saturated heterocycles. The van der Waals surface area contributed by atoms with E-state index in [4.69, 9.17) is 9.97 Å². The summed E-state index contributed by atoms with van der Waals surface area (Å²) in [7, 11) is 0. The van der Waals surface area contributed by atoms with Crippen molar-refractivity contribution in [3.8, 4) is 78.4 Å². The second-order valence-electron chi connectivity index (χ2n) is 15.9. The van der Waals surface area contributed by atoms with E-state index in [1.807, 2.05) is 24.3 Å². The lowest BCUT2D eigenvalue weighted by Crippen LogP contribution is -2.22. The summed E-state index contributed by atoms with van der Waals surface area (Å²) in [4.78, 5) is 10.2. The minimum Gasteiger partial charge on any atom is -0.228 e. The summed E-state index contributed by atoms with van der Waals surface area (Å²) < 4.78 is 0. The van der Waals surface area contributed by atoms with Gasteiger partial charge in [0.25, 0.3) is 0 Å². The van der Waals surface area contributed by atoms with E-state index in [0.717, 1.165) is 33.5 Å². The molecule has 11 rings (SSSR count). The van der Waals surface area contributed by atoms with Crippen molar-refractivity contribution in [1.29, 1.82) is 0 Å². The average molecular weight is 765 g/mol. The first-order valence-electron chi connectivity index (χ1n) is 20.6. The molecule has 2 nitrogen and oxygen atoms in total. The summed E-state index contributed by atoms with van der Waals surface area (Å²) >= 11 is 0. The molecule has 9 aromatic carbocycles. The third-order valence-corrected chi connectivity index (χ3v) is 12.4. The molecule has 1 aliphatic carbocycles. The highest BCUT2D eigenvalue weighted by atomic mass is 14.9. The van der Waals surface area contributed by atoms with Crippen LogP contribution >= 0.6 is 0 Å². The van der Waals surface area contributed by atoms with Crippen LogP contribution in [0.15, 0.2) is 224 Å². The summed E-state index contributed by atoms with van der Waals surface area (Å²) in [5, 5.41) is 2.34. The topological polar surface area (TPSA) is 25.8 Å². The molecule has 0 bridgehead atoms. The highest BCUT2D eigenvalue weighted by molar-refractivity contribution is 6.05. The van der Waals surface area contributed by atoms with E-state index < -0.39 is 0 Å². The summed E-state index contributed by atoms with van der Waals surface area (Å²) in [6, 6.07) is 80.8. The van der Waals surface area contributed by atoms with Gasteiger partial charge in [-0.05, 0) is 103 Å². The van der Waals surface area contributed by atoms with Crippen LogP contribution in [0.5, 0.6) is 0 Å². The van der Waals surface area contributed by atoms with Crippen LogP contribution < -0.4 is 0 Å². The quantitative estimate of drug-likeness (QED) is 0.162. The first-order valence-corrected chi connectivity index (χ1v) is 20.6.